The van der Waals surface area contributed by atoms with Gasteiger partial charge in [0.05, 0.1) is 13.7 Å². The molecule has 0 unspecified atom stereocenters. The van der Waals surface area contributed by atoms with Crippen LogP contribution in [0.15, 0.2) is 42.6 Å². The monoisotopic (exact) mass is 343 g/mol. The van der Waals surface area contributed by atoms with Crippen molar-refractivity contribution in [2.45, 2.75) is 26.3 Å². The van der Waals surface area contributed by atoms with Crippen molar-refractivity contribution in [3.8, 4) is 11.6 Å². The van der Waals surface area contributed by atoms with Gasteiger partial charge in [0, 0.05) is 25.4 Å². The Morgan fingerprint density at radius 1 is 1.08 bits per heavy atom. The van der Waals surface area contributed by atoms with E-state index in [9.17, 15) is 4.79 Å². The molecule has 2 N–H and O–H groups in total. The fourth-order valence-electron chi connectivity index (χ4n) is 2.16. The Bertz CT molecular complexity index is 642. The topological polar surface area (TPSA) is 72.5 Å². The molecule has 0 aliphatic rings. The van der Waals surface area contributed by atoms with Crippen LogP contribution in [0.3, 0.4) is 0 Å². The van der Waals surface area contributed by atoms with Gasteiger partial charge in [0.25, 0.3) is 0 Å². The zero-order valence-corrected chi connectivity index (χ0v) is 14.7. The minimum Gasteiger partial charge on any atom is -0.497 e. The lowest BCUT2D eigenvalue weighted by molar-refractivity contribution is 0.240. The third-order valence-corrected chi connectivity index (χ3v) is 3.56. The molecule has 1 heterocycles. The highest BCUT2D eigenvalue weighted by molar-refractivity contribution is 5.73. The number of benzene rings is 1. The second-order valence-electron chi connectivity index (χ2n) is 5.56. The number of ether oxygens (including phenoxy) is 2. The number of hydrogen-bond donors (Lipinski definition) is 2. The Balaban J connectivity index is 1.66. The van der Waals surface area contributed by atoms with Crippen molar-refractivity contribution in [3.05, 3.63) is 53.7 Å². The van der Waals surface area contributed by atoms with Gasteiger partial charge in [0.15, 0.2) is 0 Å². The number of nitrogens with one attached hydrogen (secondary N) is 2. The molecule has 134 valence electrons. The molecule has 25 heavy (non-hydrogen) atoms. The summed E-state index contributed by atoms with van der Waals surface area (Å²) in [6, 6.07) is 11.3. The SMILES string of the molecule is CCCOc1ccc(CNC(=O)NCCc2ccc(OC)cc2)cn1. The van der Waals surface area contributed by atoms with Crippen LogP contribution in [0.5, 0.6) is 11.6 Å². The van der Waals surface area contributed by atoms with Crippen LogP contribution in [0.25, 0.3) is 0 Å². The van der Waals surface area contributed by atoms with Gasteiger partial charge >= 0.3 is 6.03 Å². The summed E-state index contributed by atoms with van der Waals surface area (Å²) in [7, 11) is 1.64. The van der Waals surface area contributed by atoms with Gasteiger partial charge in [-0.3, -0.25) is 0 Å². The quantitative estimate of drug-likeness (QED) is 0.734. The van der Waals surface area contributed by atoms with Crippen molar-refractivity contribution in [2.24, 2.45) is 0 Å². The highest BCUT2D eigenvalue weighted by atomic mass is 16.5. The molecular weight excluding hydrogens is 318 g/mol. The van der Waals surface area contributed by atoms with E-state index in [1.807, 2.05) is 43.3 Å². The number of nitrogens with zero attached hydrogens (tertiary/aromatic N) is 1. The number of hydrogen-bond acceptors (Lipinski definition) is 4. The first-order valence-corrected chi connectivity index (χ1v) is 8.43. The van der Waals surface area contributed by atoms with Gasteiger partial charge in [-0.15, -0.1) is 0 Å². The number of carbonyl (C=O) groups excluding carboxylic acids is 1. The van der Waals surface area contributed by atoms with E-state index in [2.05, 4.69) is 15.6 Å². The number of amides is 2. The van der Waals surface area contributed by atoms with E-state index in [0.717, 1.165) is 29.7 Å². The summed E-state index contributed by atoms with van der Waals surface area (Å²) in [5.41, 5.74) is 2.07. The number of rotatable bonds is 9. The lowest BCUT2D eigenvalue weighted by Gasteiger charge is -2.09. The zero-order valence-electron chi connectivity index (χ0n) is 14.7. The Kier molecular flexibility index (Phi) is 7.56. The summed E-state index contributed by atoms with van der Waals surface area (Å²) in [5, 5.41) is 5.66. The molecule has 0 fully saturated rings. The summed E-state index contributed by atoms with van der Waals surface area (Å²) in [6.07, 6.45) is 3.42. The highest BCUT2D eigenvalue weighted by Crippen LogP contribution is 2.11. The molecule has 0 spiro atoms. The van der Waals surface area contributed by atoms with Crippen LogP contribution in [0.2, 0.25) is 0 Å². The van der Waals surface area contributed by atoms with E-state index in [1.54, 1.807) is 13.3 Å². The summed E-state index contributed by atoms with van der Waals surface area (Å²) in [6.45, 7) is 3.70. The van der Waals surface area contributed by atoms with Crippen molar-refractivity contribution in [3.63, 3.8) is 0 Å². The second-order valence-corrected chi connectivity index (χ2v) is 5.56. The number of pyridine rings is 1. The molecule has 1 aromatic heterocycles. The van der Waals surface area contributed by atoms with Gasteiger partial charge in [0.2, 0.25) is 5.88 Å². The van der Waals surface area contributed by atoms with Crippen molar-refractivity contribution >= 4 is 6.03 Å². The minimum absolute atomic E-state index is 0.195. The standard InChI is InChI=1S/C19H25N3O3/c1-3-12-25-18-9-6-16(13-21-18)14-22-19(23)20-11-10-15-4-7-17(24-2)8-5-15/h4-9,13H,3,10-12,14H2,1-2H3,(H2,20,22,23). The van der Waals surface area contributed by atoms with Gasteiger partial charge in [-0.2, -0.15) is 0 Å². The lowest BCUT2D eigenvalue weighted by atomic mass is 10.1. The summed E-state index contributed by atoms with van der Waals surface area (Å²) in [5.74, 6) is 1.43. The van der Waals surface area contributed by atoms with Crippen molar-refractivity contribution in [2.75, 3.05) is 20.3 Å². The average molecular weight is 343 g/mol. The van der Waals surface area contributed by atoms with Gasteiger partial charge < -0.3 is 20.1 Å². The molecule has 0 saturated heterocycles. The molecule has 2 rings (SSSR count). The molecule has 1 aromatic carbocycles. The molecule has 0 aliphatic carbocycles. The van der Waals surface area contributed by atoms with Crippen molar-refractivity contribution < 1.29 is 14.3 Å². The first kappa shape index (κ1) is 18.6. The van der Waals surface area contributed by atoms with Crippen molar-refractivity contribution in [1.29, 1.82) is 0 Å². The Hall–Kier alpha value is -2.76. The first-order chi connectivity index (χ1) is 12.2. The van der Waals surface area contributed by atoms with Gasteiger partial charge in [-0.25, -0.2) is 9.78 Å². The third-order valence-electron chi connectivity index (χ3n) is 3.56. The second kappa shape index (κ2) is 10.2. The predicted molar refractivity (Wildman–Crippen MR) is 97.0 cm³/mol. The fraction of sp³-hybridized carbons (Fsp3) is 0.368. The normalized spacial score (nSPS) is 10.2. The number of aromatic nitrogens is 1. The fourth-order valence-corrected chi connectivity index (χ4v) is 2.16. The van der Waals surface area contributed by atoms with Crippen LogP contribution in [-0.2, 0) is 13.0 Å². The number of methoxy groups -OCH3 is 1. The maximum atomic E-state index is 11.8. The molecule has 2 aromatic rings. The molecule has 6 heteroatoms. The van der Waals surface area contributed by atoms with Crippen LogP contribution in [0.4, 0.5) is 4.79 Å². The molecule has 0 aliphatic heterocycles. The van der Waals surface area contributed by atoms with Gasteiger partial charge in [-0.05, 0) is 36.1 Å². The first-order valence-electron chi connectivity index (χ1n) is 8.43. The number of carbonyl (C=O) groups is 1. The van der Waals surface area contributed by atoms with E-state index in [-0.39, 0.29) is 6.03 Å². The summed E-state index contributed by atoms with van der Waals surface area (Å²) >= 11 is 0. The Morgan fingerprint density at radius 2 is 1.84 bits per heavy atom. The molecule has 0 bridgehead atoms. The molecule has 6 nitrogen and oxygen atoms in total. The largest absolute Gasteiger partial charge is 0.497 e. The van der Waals surface area contributed by atoms with E-state index < -0.39 is 0 Å². The minimum atomic E-state index is -0.195. The van der Waals surface area contributed by atoms with E-state index in [0.29, 0.717) is 25.6 Å². The Labute approximate surface area is 148 Å². The van der Waals surface area contributed by atoms with Crippen LogP contribution < -0.4 is 20.1 Å². The lowest BCUT2D eigenvalue weighted by Crippen LogP contribution is -2.36. The molecule has 2 amide bonds. The van der Waals surface area contributed by atoms with E-state index in [1.165, 1.54) is 0 Å². The zero-order chi connectivity index (χ0) is 17.9. The van der Waals surface area contributed by atoms with E-state index >= 15 is 0 Å². The van der Waals surface area contributed by atoms with E-state index in [4.69, 9.17) is 9.47 Å². The van der Waals surface area contributed by atoms with Gasteiger partial charge in [0.1, 0.15) is 5.75 Å². The maximum Gasteiger partial charge on any atom is 0.315 e. The maximum absolute atomic E-state index is 11.8. The van der Waals surface area contributed by atoms with Gasteiger partial charge in [-0.1, -0.05) is 25.1 Å². The van der Waals surface area contributed by atoms with Crippen LogP contribution in [0.1, 0.15) is 24.5 Å². The molecule has 0 saturated carbocycles. The third kappa shape index (κ3) is 6.71. The smallest absolute Gasteiger partial charge is 0.315 e. The summed E-state index contributed by atoms with van der Waals surface area (Å²) < 4.78 is 10.5. The molecule has 0 atom stereocenters. The van der Waals surface area contributed by atoms with Crippen LogP contribution >= 0.6 is 0 Å². The predicted octanol–water partition coefficient (Wildman–Crippen LogP) is 2.92. The number of urea groups is 1. The average Bonchev–Trinajstić information content (AvgIpc) is 2.66. The highest BCUT2D eigenvalue weighted by Gasteiger charge is 2.02. The van der Waals surface area contributed by atoms with Crippen LogP contribution in [0, 0.1) is 0 Å². The van der Waals surface area contributed by atoms with Crippen molar-refractivity contribution in [1.82, 2.24) is 15.6 Å². The molecule has 0 radical (unpaired) electrons. The Morgan fingerprint density at radius 3 is 2.48 bits per heavy atom. The molecular formula is C19H25N3O3. The summed E-state index contributed by atoms with van der Waals surface area (Å²) in [4.78, 5) is 16.0. The van der Waals surface area contributed by atoms with Crippen LogP contribution in [-0.4, -0.2) is 31.3 Å².